The number of nitrogens with one attached hydrogen (secondary N) is 1. The average molecular weight is 221 g/mol. The van der Waals surface area contributed by atoms with Crippen LogP contribution < -0.4 is 5.32 Å². The minimum Gasteiger partial charge on any atom is -0.508 e. The first-order valence-electron chi connectivity index (χ1n) is 5.29. The summed E-state index contributed by atoms with van der Waals surface area (Å²) < 4.78 is 0. The van der Waals surface area contributed by atoms with Crippen LogP contribution in [-0.4, -0.2) is 28.3 Å². The number of phenolic OH excluding ortho intramolecular Hbond substituents is 1. The summed E-state index contributed by atoms with van der Waals surface area (Å²) in [5, 5.41) is 21.3. The maximum absolute atomic E-state index is 11.8. The van der Waals surface area contributed by atoms with E-state index in [-0.39, 0.29) is 18.3 Å². The Morgan fingerprint density at radius 1 is 1.50 bits per heavy atom. The third-order valence-electron chi connectivity index (χ3n) is 2.99. The van der Waals surface area contributed by atoms with Crippen LogP contribution in [0.1, 0.15) is 28.8 Å². The number of aliphatic hydroxyl groups excluding tert-OH is 1. The fourth-order valence-corrected chi connectivity index (χ4v) is 1.58. The molecule has 16 heavy (non-hydrogen) atoms. The van der Waals surface area contributed by atoms with E-state index in [9.17, 15) is 9.90 Å². The van der Waals surface area contributed by atoms with Crippen molar-refractivity contribution in [2.75, 3.05) is 6.61 Å². The van der Waals surface area contributed by atoms with Gasteiger partial charge in [0.1, 0.15) is 5.75 Å². The molecule has 0 radical (unpaired) electrons. The van der Waals surface area contributed by atoms with Gasteiger partial charge in [-0.1, -0.05) is 0 Å². The summed E-state index contributed by atoms with van der Waals surface area (Å²) in [4.78, 5) is 11.8. The number of carbonyl (C=O) groups excluding carboxylic acids is 1. The van der Waals surface area contributed by atoms with Gasteiger partial charge >= 0.3 is 0 Å². The molecular weight excluding hydrogens is 206 g/mol. The Morgan fingerprint density at radius 2 is 2.19 bits per heavy atom. The van der Waals surface area contributed by atoms with Crippen LogP contribution in [0.2, 0.25) is 0 Å². The summed E-state index contributed by atoms with van der Waals surface area (Å²) in [5.74, 6) is -0.0190. The molecule has 2 rings (SSSR count). The first-order chi connectivity index (χ1) is 7.56. The van der Waals surface area contributed by atoms with Crippen LogP contribution in [0.4, 0.5) is 0 Å². The molecule has 1 aliphatic carbocycles. The van der Waals surface area contributed by atoms with Gasteiger partial charge in [-0.2, -0.15) is 0 Å². The lowest BCUT2D eigenvalue weighted by molar-refractivity contribution is 0.0906. The molecule has 0 saturated heterocycles. The summed E-state index contributed by atoms with van der Waals surface area (Å²) in [6.07, 6.45) is 1.65. The topological polar surface area (TPSA) is 69.6 Å². The Morgan fingerprint density at radius 3 is 2.69 bits per heavy atom. The van der Waals surface area contributed by atoms with Gasteiger partial charge in [-0.15, -0.1) is 0 Å². The van der Waals surface area contributed by atoms with Crippen LogP contribution in [0.3, 0.4) is 0 Å². The number of phenols is 1. The SMILES string of the molecule is Cc1cc(C(=O)NC2(CO)CC2)ccc1O. The van der Waals surface area contributed by atoms with Crippen molar-refractivity contribution < 1.29 is 15.0 Å². The standard InChI is InChI=1S/C12H15NO3/c1-8-6-9(2-3-10(8)15)11(16)13-12(7-14)4-5-12/h2-3,6,14-15H,4-5,7H2,1H3,(H,13,16). The molecule has 0 atom stereocenters. The zero-order valence-corrected chi connectivity index (χ0v) is 9.16. The van der Waals surface area contributed by atoms with Gasteiger partial charge in [-0.3, -0.25) is 4.79 Å². The quantitative estimate of drug-likeness (QED) is 0.712. The predicted molar refractivity (Wildman–Crippen MR) is 59.4 cm³/mol. The molecule has 0 spiro atoms. The number of aliphatic hydroxyl groups is 1. The number of hydrogen-bond acceptors (Lipinski definition) is 3. The molecule has 1 aromatic carbocycles. The number of carbonyl (C=O) groups is 1. The molecule has 86 valence electrons. The molecule has 1 aliphatic rings. The van der Waals surface area contributed by atoms with Crippen molar-refractivity contribution in [3.8, 4) is 5.75 Å². The molecule has 1 aromatic rings. The zero-order valence-electron chi connectivity index (χ0n) is 9.16. The van der Waals surface area contributed by atoms with E-state index in [0.29, 0.717) is 11.1 Å². The van der Waals surface area contributed by atoms with Crippen molar-refractivity contribution in [1.29, 1.82) is 0 Å². The first-order valence-corrected chi connectivity index (χ1v) is 5.29. The summed E-state index contributed by atoms with van der Waals surface area (Å²) in [6.45, 7) is 1.72. The number of rotatable bonds is 3. The van der Waals surface area contributed by atoms with E-state index in [1.165, 1.54) is 6.07 Å². The summed E-state index contributed by atoms with van der Waals surface area (Å²) in [6, 6.07) is 4.71. The minimum absolute atomic E-state index is 0.0180. The maximum atomic E-state index is 11.8. The van der Waals surface area contributed by atoms with Crippen molar-refractivity contribution >= 4 is 5.91 Å². The van der Waals surface area contributed by atoms with Crippen molar-refractivity contribution in [1.82, 2.24) is 5.32 Å². The second-order valence-corrected chi connectivity index (χ2v) is 4.39. The Labute approximate surface area is 93.9 Å². The molecule has 0 aromatic heterocycles. The maximum Gasteiger partial charge on any atom is 0.251 e. The first kappa shape index (κ1) is 11.0. The highest BCUT2D eigenvalue weighted by molar-refractivity contribution is 5.95. The van der Waals surface area contributed by atoms with Gasteiger partial charge in [0.15, 0.2) is 0 Å². The predicted octanol–water partition coefficient (Wildman–Crippen LogP) is 0.955. The summed E-state index contributed by atoms with van der Waals surface area (Å²) in [7, 11) is 0. The molecule has 0 bridgehead atoms. The molecule has 0 heterocycles. The molecular formula is C12H15NO3. The molecule has 0 unspecified atom stereocenters. The lowest BCUT2D eigenvalue weighted by atomic mass is 10.1. The molecule has 1 amide bonds. The van der Waals surface area contributed by atoms with E-state index >= 15 is 0 Å². The van der Waals surface area contributed by atoms with E-state index in [2.05, 4.69) is 5.32 Å². The van der Waals surface area contributed by atoms with E-state index in [1.54, 1.807) is 19.1 Å². The minimum atomic E-state index is -0.400. The largest absolute Gasteiger partial charge is 0.508 e. The molecule has 4 nitrogen and oxygen atoms in total. The number of aromatic hydroxyl groups is 1. The van der Waals surface area contributed by atoms with Gasteiger partial charge in [0.25, 0.3) is 5.91 Å². The normalized spacial score (nSPS) is 16.9. The third kappa shape index (κ3) is 2.02. The van der Waals surface area contributed by atoms with Gasteiger partial charge in [0.2, 0.25) is 0 Å². The highest BCUT2D eigenvalue weighted by Gasteiger charge is 2.43. The monoisotopic (exact) mass is 221 g/mol. The average Bonchev–Trinajstić information content (AvgIpc) is 3.02. The number of benzene rings is 1. The zero-order chi connectivity index (χ0) is 11.8. The smallest absolute Gasteiger partial charge is 0.251 e. The number of hydrogen-bond donors (Lipinski definition) is 3. The van der Waals surface area contributed by atoms with Crippen molar-refractivity contribution in [2.24, 2.45) is 0 Å². The van der Waals surface area contributed by atoms with Gasteiger partial charge in [0, 0.05) is 5.56 Å². The molecule has 1 saturated carbocycles. The Balaban J connectivity index is 2.12. The lowest BCUT2D eigenvalue weighted by Gasteiger charge is -2.14. The van der Waals surface area contributed by atoms with E-state index in [1.807, 2.05) is 0 Å². The van der Waals surface area contributed by atoms with Gasteiger partial charge < -0.3 is 15.5 Å². The fourth-order valence-electron chi connectivity index (χ4n) is 1.58. The molecule has 1 fully saturated rings. The van der Waals surface area contributed by atoms with E-state index < -0.39 is 5.54 Å². The summed E-state index contributed by atoms with van der Waals surface area (Å²) in [5.41, 5.74) is 0.777. The fraction of sp³-hybridized carbons (Fsp3) is 0.417. The Bertz CT molecular complexity index is 424. The molecule has 0 aliphatic heterocycles. The van der Waals surface area contributed by atoms with Crippen LogP contribution in [0.5, 0.6) is 5.75 Å². The highest BCUT2D eigenvalue weighted by atomic mass is 16.3. The van der Waals surface area contributed by atoms with Crippen molar-refractivity contribution in [2.45, 2.75) is 25.3 Å². The highest BCUT2D eigenvalue weighted by Crippen LogP contribution is 2.34. The van der Waals surface area contributed by atoms with E-state index in [4.69, 9.17) is 5.11 Å². The Hall–Kier alpha value is -1.55. The van der Waals surface area contributed by atoms with Crippen molar-refractivity contribution in [3.63, 3.8) is 0 Å². The van der Waals surface area contributed by atoms with Crippen LogP contribution in [0.15, 0.2) is 18.2 Å². The Kier molecular flexibility index (Phi) is 2.59. The van der Waals surface area contributed by atoms with Crippen LogP contribution in [-0.2, 0) is 0 Å². The van der Waals surface area contributed by atoms with Crippen LogP contribution >= 0.6 is 0 Å². The second-order valence-electron chi connectivity index (χ2n) is 4.39. The number of aryl methyl sites for hydroxylation is 1. The molecule has 3 N–H and O–H groups in total. The van der Waals surface area contributed by atoms with Crippen molar-refractivity contribution in [3.05, 3.63) is 29.3 Å². The van der Waals surface area contributed by atoms with Crippen LogP contribution in [0.25, 0.3) is 0 Å². The third-order valence-corrected chi connectivity index (χ3v) is 2.99. The van der Waals surface area contributed by atoms with Gasteiger partial charge in [0.05, 0.1) is 12.1 Å². The summed E-state index contributed by atoms with van der Waals surface area (Å²) >= 11 is 0. The lowest BCUT2D eigenvalue weighted by Crippen LogP contribution is -2.39. The van der Waals surface area contributed by atoms with Crippen LogP contribution in [0, 0.1) is 6.92 Å². The van der Waals surface area contributed by atoms with Gasteiger partial charge in [-0.25, -0.2) is 0 Å². The van der Waals surface area contributed by atoms with E-state index in [0.717, 1.165) is 12.8 Å². The van der Waals surface area contributed by atoms with Gasteiger partial charge in [-0.05, 0) is 43.5 Å². The molecule has 4 heteroatoms. The number of amides is 1. The second kappa shape index (κ2) is 3.79.